The van der Waals surface area contributed by atoms with Crippen LogP contribution in [0.1, 0.15) is 24.6 Å². The molecular formula is C13H12FN3O2. The van der Waals surface area contributed by atoms with Crippen LogP contribution in [0.3, 0.4) is 0 Å². The molecule has 6 heteroatoms. The molecule has 1 aromatic heterocycles. The summed E-state index contributed by atoms with van der Waals surface area (Å²) in [5.41, 5.74) is 0.687. The zero-order valence-corrected chi connectivity index (χ0v) is 10.1. The van der Waals surface area contributed by atoms with Crippen LogP contribution in [0.5, 0.6) is 0 Å². The molecule has 1 atom stereocenters. The first kappa shape index (κ1) is 11.8. The van der Waals surface area contributed by atoms with E-state index in [4.69, 9.17) is 0 Å². The summed E-state index contributed by atoms with van der Waals surface area (Å²) in [6, 6.07) is 5.85. The Hall–Kier alpha value is -2.24. The van der Waals surface area contributed by atoms with Crippen molar-refractivity contribution in [2.24, 2.45) is 0 Å². The van der Waals surface area contributed by atoms with Crippen molar-refractivity contribution in [3.8, 4) is 11.4 Å². The lowest BCUT2D eigenvalue weighted by molar-refractivity contribution is -0.139. The third-order valence-corrected chi connectivity index (χ3v) is 3.28. The van der Waals surface area contributed by atoms with Gasteiger partial charge in [-0.05, 0) is 37.1 Å². The van der Waals surface area contributed by atoms with Crippen LogP contribution in [0.25, 0.3) is 11.4 Å². The lowest BCUT2D eigenvalue weighted by Gasteiger charge is -2.17. The third kappa shape index (κ3) is 2.09. The smallest absolute Gasteiger partial charge is 0.314 e. The fourth-order valence-corrected chi connectivity index (χ4v) is 2.31. The van der Waals surface area contributed by atoms with Gasteiger partial charge in [0.15, 0.2) is 5.82 Å². The fourth-order valence-electron chi connectivity index (χ4n) is 2.31. The molecule has 19 heavy (non-hydrogen) atoms. The van der Waals surface area contributed by atoms with E-state index in [2.05, 4.69) is 10.1 Å². The van der Waals surface area contributed by atoms with Crippen LogP contribution < -0.4 is 0 Å². The zero-order chi connectivity index (χ0) is 13.4. The summed E-state index contributed by atoms with van der Waals surface area (Å²) in [5.74, 6) is -0.869. The standard InChI is InChI=1S/C13H12FN3O2/c14-9-5-3-8(4-6-9)11-15-12-10(13(18)19)2-1-7-17(12)16-11/h3-6,10H,1-2,7H2,(H,18,19). The number of hydrogen-bond donors (Lipinski definition) is 1. The Bertz CT molecular complexity index is 621. The number of halogens is 1. The Kier molecular flexibility index (Phi) is 2.77. The van der Waals surface area contributed by atoms with Crippen LogP contribution in [-0.4, -0.2) is 25.8 Å². The van der Waals surface area contributed by atoms with Gasteiger partial charge in [-0.2, -0.15) is 5.10 Å². The summed E-state index contributed by atoms with van der Waals surface area (Å²) < 4.78 is 14.5. The van der Waals surface area contributed by atoms with Crippen LogP contribution in [-0.2, 0) is 11.3 Å². The van der Waals surface area contributed by atoms with Gasteiger partial charge in [0.1, 0.15) is 17.6 Å². The molecule has 1 aliphatic heterocycles. The lowest BCUT2D eigenvalue weighted by atomic mass is 10.00. The number of benzene rings is 1. The second kappa shape index (κ2) is 4.46. The topological polar surface area (TPSA) is 68.0 Å². The molecule has 1 N–H and O–H groups in total. The number of nitrogens with zero attached hydrogens (tertiary/aromatic N) is 3. The van der Waals surface area contributed by atoms with Gasteiger partial charge in [-0.25, -0.2) is 14.1 Å². The number of carboxylic acid groups (broad SMARTS) is 1. The molecule has 0 radical (unpaired) electrons. The number of carbonyl (C=O) groups is 1. The van der Waals surface area contributed by atoms with Gasteiger partial charge >= 0.3 is 5.97 Å². The molecular weight excluding hydrogens is 249 g/mol. The number of fused-ring (bicyclic) bond motifs is 1. The van der Waals surface area contributed by atoms with Gasteiger partial charge in [-0.15, -0.1) is 0 Å². The molecule has 0 bridgehead atoms. The van der Waals surface area contributed by atoms with Gasteiger partial charge < -0.3 is 5.11 Å². The molecule has 98 valence electrons. The Balaban J connectivity index is 2.02. The normalized spacial score (nSPS) is 18.1. The molecule has 0 spiro atoms. The highest BCUT2D eigenvalue weighted by molar-refractivity contribution is 5.75. The van der Waals surface area contributed by atoms with E-state index in [-0.39, 0.29) is 5.82 Å². The Labute approximate surface area is 108 Å². The minimum Gasteiger partial charge on any atom is -0.481 e. The SMILES string of the molecule is O=C(O)C1CCCn2nc(-c3ccc(F)cc3)nc21. The Morgan fingerprint density at radius 1 is 1.37 bits per heavy atom. The summed E-state index contributed by atoms with van der Waals surface area (Å²) in [6.45, 7) is 0.674. The summed E-state index contributed by atoms with van der Waals surface area (Å²) in [4.78, 5) is 15.5. The van der Waals surface area contributed by atoms with Crippen LogP contribution in [0, 0.1) is 5.82 Å². The van der Waals surface area contributed by atoms with E-state index in [1.165, 1.54) is 12.1 Å². The van der Waals surface area contributed by atoms with Crippen molar-refractivity contribution in [1.82, 2.24) is 14.8 Å². The van der Waals surface area contributed by atoms with E-state index in [0.29, 0.717) is 30.2 Å². The average molecular weight is 261 g/mol. The predicted octanol–water partition coefficient (Wildman–Crippen LogP) is 2.05. The van der Waals surface area contributed by atoms with E-state index in [0.717, 1.165) is 6.42 Å². The molecule has 2 aromatic rings. The number of aliphatic carboxylic acids is 1. The molecule has 1 unspecified atom stereocenters. The summed E-state index contributed by atoms with van der Waals surface area (Å²) >= 11 is 0. The van der Waals surface area contributed by atoms with Gasteiger partial charge in [-0.1, -0.05) is 0 Å². The number of aromatic nitrogens is 3. The molecule has 0 amide bonds. The van der Waals surface area contributed by atoms with Gasteiger partial charge in [0.25, 0.3) is 0 Å². The minimum absolute atomic E-state index is 0.323. The van der Waals surface area contributed by atoms with Gasteiger partial charge in [0, 0.05) is 12.1 Å². The van der Waals surface area contributed by atoms with E-state index in [1.54, 1.807) is 16.8 Å². The first-order valence-electron chi connectivity index (χ1n) is 6.08. The Morgan fingerprint density at radius 2 is 2.11 bits per heavy atom. The maximum absolute atomic E-state index is 12.9. The van der Waals surface area contributed by atoms with Crippen molar-refractivity contribution >= 4 is 5.97 Å². The van der Waals surface area contributed by atoms with E-state index >= 15 is 0 Å². The number of carboxylic acids is 1. The molecule has 0 fully saturated rings. The predicted molar refractivity (Wildman–Crippen MR) is 65.0 cm³/mol. The second-order valence-corrected chi connectivity index (χ2v) is 4.56. The Morgan fingerprint density at radius 3 is 2.79 bits per heavy atom. The number of rotatable bonds is 2. The molecule has 1 aromatic carbocycles. The van der Waals surface area contributed by atoms with Crippen LogP contribution in [0.2, 0.25) is 0 Å². The second-order valence-electron chi connectivity index (χ2n) is 4.56. The molecule has 5 nitrogen and oxygen atoms in total. The first-order chi connectivity index (χ1) is 9.15. The highest BCUT2D eigenvalue weighted by atomic mass is 19.1. The lowest BCUT2D eigenvalue weighted by Crippen LogP contribution is -2.22. The van der Waals surface area contributed by atoms with Crippen LogP contribution >= 0.6 is 0 Å². The number of hydrogen-bond acceptors (Lipinski definition) is 3. The summed E-state index contributed by atoms with van der Waals surface area (Å²) in [5, 5.41) is 13.5. The van der Waals surface area contributed by atoms with E-state index in [9.17, 15) is 14.3 Å². The molecule has 0 saturated carbocycles. The molecule has 0 aliphatic carbocycles. The highest BCUT2D eigenvalue weighted by Gasteiger charge is 2.29. The monoisotopic (exact) mass is 261 g/mol. The first-order valence-corrected chi connectivity index (χ1v) is 6.08. The quantitative estimate of drug-likeness (QED) is 0.898. The zero-order valence-electron chi connectivity index (χ0n) is 10.1. The van der Waals surface area contributed by atoms with Crippen LogP contribution in [0.15, 0.2) is 24.3 Å². The maximum atomic E-state index is 12.9. The number of aryl methyl sites for hydroxylation is 1. The maximum Gasteiger partial charge on any atom is 0.314 e. The largest absolute Gasteiger partial charge is 0.481 e. The van der Waals surface area contributed by atoms with Crippen molar-refractivity contribution < 1.29 is 14.3 Å². The molecule has 3 rings (SSSR count). The fraction of sp³-hybridized carbons (Fsp3) is 0.308. The van der Waals surface area contributed by atoms with Gasteiger partial charge in [0.05, 0.1) is 0 Å². The van der Waals surface area contributed by atoms with Crippen molar-refractivity contribution in [2.75, 3.05) is 0 Å². The van der Waals surface area contributed by atoms with E-state index in [1.807, 2.05) is 0 Å². The minimum atomic E-state index is -0.876. The molecule has 2 heterocycles. The van der Waals surface area contributed by atoms with Crippen molar-refractivity contribution in [3.05, 3.63) is 35.9 Å². The van der Waals surface area contributed by atoms with Crippen molar-refractivity contribution in [2.45, 2.75) is 25.3 Å². The summed E-state index contributed by atoms with van der Waals surface area (Å²) in [6.07, 6.45) is 1.35. The van der Waals surface area contributed by atoms with Crippen LogP contribution in [0.4, 0.5) is 4.39 Å². The van der Waals surface area contributed by atoms with Crippen molar-refractivity contribution in [1.29, 1.82) is 0 Å². The summed E-state index contributed by atoms with van der Waals surface area (Å²) in [7, 11) is 0. The van der Waals surface area contributed by atoms with Gasteiger partial charge in [-0.3, -0.25) is 4.79 Å². The third-order valence-electron chi connectivity index (χ3n) is 3.28. The van der Waals surface area contributed by atoms with E-state index < -0.39 is 11.9 Å². The highest BCUT2D eigenvalue weighted by Crippen LogP contribution is 2.28. The average Bonchev–Trinajstić information content (AvgIpc) is 2.82. The van der Waals surface area contributed by atoms with Gasteiger partial charge in [0.2, 0.25) is 0 Å². The molecule has 1 aliphatic rings. The molecule has 0 saturated heterocycles. The van der Waals surface area contributed by atoms with Crippen molar-refractivity contribution in [3.63, 3.8) is 0 Å².